The Hall–Kier alpha value is -2.51. The molecule has 1 saturated heterocycles. The topological polar surface area (TPSA) is 79.6 Å². The van der Waals surface area contributed by atoms with Gasteiger partial charge in [-0.15, -0.1) is 0 Å². The molecule has 1 aliphatic rings. The van der Waals surface area contributed by atoms with Crippen LogP contribution < -0.4 is 5.32 Å². The van der Waals surface area contributed by atoms with Crippen LogP contribution in [0.3, 0.4) is 0 Å². The van der Waals surface area contributed by atoms with Crippen molar-refractivity contribution in [2.24, 2.45) is 0 Å². The molecule has 0 atom stereocenters. The smallest absolute Gasteiger partial charge is 0.293 e. The van der Waals surface area contributed by atoms with Crippen LogP contribution >= 0.6 is 23.4 Å². The first-order valence-corrected chi connectivity index (χ1v) is 9.52. The number of amides is 3. The fraction of sp³-hybridized carbons (Fsp3) is 0.211. The van der Waals surface area contributed by atoms with Crippen molar-refractivity contribution < 1.29 is 18.8 Å². The Morgan fingerprint density at radius 2 is 2.00 bits per heavy atom. The van der Waals surface area contributed by atoms with E-state index in [0.29, 0.717) is 16.3 Å². The highest BCUT2D eigenvalue weighted by molar-refractivity contribution is 8.18. The summed E-state index contributed by atoms with van der Waals surface area (Å²) in [6.45, 7) is 0.346. The predicted molar refractivity (Wildman–Crippen MR) is 104 cm³/mol. The number of benzene rings is 1. The molecule has 1 fully saturated rings. The van der Waals surface area contributed by atoms with E-state index in [1.807, 2.05) is 0 Å². The molecule has 1 aliphatic heterocycles. The Morgan fingerprint density at radius 3 is 2.70 bits per heavy atom. The molecule has 0 aliphatic carbocycles. The van der Waals surface area contributed by atoms with E-state index in [1.54, 1.807) is 48.7 Å². The van der Waals surface area contributed by atoms with E-state index in [-0.39, 0.29) is 36.6 Å². The number of hydrogen-bond donors (Lipinski definition) is 1. The number of aryl methyl sites for hydroxylation is 1. The van der Waals surface area contributed by atoms with Gasteiger partial charge in [0.25, 0.3) is 11.1 Å². The van der Waals surface area contributed by atoms with Crippen LogP contribution in [0.25, 0.3) is 6.08 Å². The zero-order chi connectivity index (χ0) is 19.2. The molecule has 3 amide bonds. The van der Waals surface area contributed by atoms with E-state index >= 15 is 0 Å². The molecular weight excluding hydrogens is 388 g/mol. The zero-order valence-corrected chi connectivity index (χ0v) is 15.9. The standard InChI is InChI=1S/C19H17ClN2O4S/c20-14-5-3-13(4-6-14)12-16-18(24)22(19(25)27-16)10-9-21-17(23)8-7-15-2-1-11-26-15/h1-6,11-12H,7-10H2,(H,21,23)/b16-12-. The third-order valence-electron chi connectivity index (χ3n) is 3.88. The molecule has 0 radical (unpaired) electrons. The van der Waals surface area contributed by atoms with Crippen molar-refractivity contribution in [3.05, 3.63) is 63.9 Å². The molecule has 1 aromatic carbocycles. The van der Waals surface area contributed by atoms with E-state index in [0.717, 1.165) is 28.0 Å². The molecule has 0 spiro atoms. The monoisotopic (exact) mass is 404 g/mol. The first-order chi connectivity index (χ1) is 13.0. The largest absolute Gasteiger partial charge is 0.469 e. The second kappa shape index (κ2) is 8.92. The lowest BCUT2D eigenvalue weighted by Crippen LogP contribution is -2.37. The molecule has 3 rings (SSSR count). The maximum atomic E-state index is 12.4. The summed E-state index contributed by atoms with van der Waals surface area (Å²) in [7, 11) is 0. The number of hydrogen-bond acceptors (Lipinski definition) is 5. The average molecular weight is 405 g/mol. The third-order valence-corrected chi connectivity index (χ3v) is 5.04. The highest BCUT2D eigenvalue weighted by Crippen LogP contribution is 2.32. The second-order valence-corrected chi connectivity index (χ2v) is 7.24. The molecule has 0 unspecified atom stereocenters. The molecule has 0 saturated carbocycles. The van der Waals surface area contributed by atoms with Crippen LogP contribution in [0.5, 0.6) is 0 Å². The Kier molecular flexibility index (Phi) is 6.36. The number of imide groups is 1. The van der Waals surface area contributed by atoms with Gasteiger partial charge in [-0.3, -0.25) is 19.3 Å². The Labute approximate surface area is 165 Å². The van der Waals surface area contributed by atoms with Gasteiger partial charge in [-0.05, 0) is 47.7 Å². The van der Waals surface area contributed by atoms with Crippen LogP contribution in [0.4, 0.5) is 4.79 Å². The minimum Gasteiger partial charge on any atom is -0.469 e. The van der Waals surface area contributed by atoms with Gasteiger partial charge < -0.3 is 9.73 Å². The number of furan rings is 1. The summed E-state index contributed by atoms with van der Waals surface area (Å²) in [5, 5.41) is 2.97. The summed E-state index contributed by atoms with van der Waals surface area (Å²) in [4.78, 5) is 37.8. The number of nitrogens with one attached hydrogen (secondary N) is 1. The number of rotatable bonds is 7. The summed E-state index contributed by atoms with van der Waals surface area (Å²) in [6, 6.07) is 10.6. The quantitative estimate of drug-likeness (QED) is 0.711. The van der Waals surface area contributed by atoms with Crippen LogP contribution in [-0.2, 0) is 16.0 Å². The SMILES string of the molecule is O=C(CCc1ccco1)NCCN1C(=O)S/C(=C\c2ccc(Cl)cc2)C1=O. The molecule has 1 aromatic heterocycles. The van der Waals surface area contributed by atoms with Crippen molar-refractivity contribution in [1.29, 1.82) is 0 Å². The molecule has 140 valence electrons. The van der Waals surface area contributed by atoms with E-state index < -0.39 is 0 Å². The highest BCUT2D eigenvalue weighted by atomic mass is 35.5. The molecule has 27 heavy (non-hydrogen) atoms. The van der Waals surface area contributed by atoms with Crippen LogP contribution in [0.15, 0.2) is 52.0 Å². The van der Waals surface area contributed by atoms with Gasteiger partial charge >= 0.3 is 0 Å². The molecule has 2 aromatic rings. The Balaban J connectivity index is 1.48. The van der Waals surface area contributed by atoms with Gasteiger partial charge in [0.05, 0.1) is 11.2 Å². The Morgan fingerprint density at radius 1 is 1.22 bits per heavy atom. The van der Waals surface area contributed by atoms with Gasteiger partial charge in [-0.25, -0.2) is 0 Å². The maximum Gasteiger partial charge on any atom is 0.293 e. The van der Waals surface area contributed by atoms with Gasteiger partial charge in [-0.2, -0.15) is 0 Å². The summed E-state index contributed by atoms with van der Waals surface area (Å²) >= 11 is 6.73. The number of halogens is 1. The molecule has 2 heterocycles. The van der Waals surface area contributed by atoms with E-state index in [4.69, 9.17) is 16.0 Å². The van der Waals surface area contributed by atoms with Gasteiger partial charge in [0.2, 0.25) is 5.91 Å². The fourth-order valence-corrected chi connectivity index (χ4v) is 3.48. The average Bonchev–Trinajstić information content (AvgIpc) is 3.26. The summed E-state index contributed by atoms with van der Waals surface area (Å²) in [5.41, 5.74) is 0.788. The molecule has 1 N–H and O–H groups in total. The van der Waals surface area contributed by atoms with Crippen molar-refractivity contribution in [2.45, 2.75) is 12.8 Å². The van der Waals surface area contributed by atoms with Gasteiger partial charge in [-0.1, -0.05) is 23.7 Å². The lowest BCUT2D eigenvalue weighted by Gasteiger charge is -2.12. The summed E-state index contributed by atoms with van der Waals surface area (Å²) in [6.07, 6.45) is 4.00. The van der Waals surface area contributed by atoms with Crippen molar-refractivity contribution in [2.75, 3.05) is 13.1 Å². The van der Waals surface area contributed by atoms with E-state index in [1.165, 1.54) is 0 Å². The van der Waals surface area contributed by atoms with E-state index in [9.17, 15) is 14.4 Å². The Bertz CT molecular complexity index is 862. The van der Waals surface area contributed by atoms with Crippen LogP contribution in [0.1, 0.15) is 17.7 Å². The van der Waals surface area contributed by atoms with Crippen molar-refractivity contribution in [1.82, 2.24) is 10.2 Å². The summed E-state index contributed by atoms with van der Waals surface area (Å²) in [5.74, 6) is 0.225. The third kappa shape index (κ3) is 5.24. The first-order valence-electron chi connectivity index (χ1n) is 8.33. The van der Waals surface area contributed by atoms with Crippen molar-refractivity contribution >= 4 is 46.5 Å². The molecule has 0 bridgehead atoms. The fourth-order valence-electron chi connectivity index (χ4n) is 2.49. The minimum absolute atomic E-state index is 0.134. The lowest BCUT2D eigenvalue weighted by molar-refractivity contribution is -0.124. The maximum absolute atomic E-state index is 12.4. The van der Waals surface area contributed by atoms with Crippen LogP contribution in [0, 0.1) is 0 Å². The van der Waals surface area contributed by atoms with Gasteiger partial charge in [0, 0.05) is 31.0 Å². The van der Waals surface area contributed by atoms with Crippen LogP contribution in [-0.4, -0.2) is 35.0 Å². The molecule has 8 heteroatoms. The zero-order valence-electron chi connectivity index (χ0n) is 14.3. The molecular formula is C19H17ClN2O4S. The van der Waals surface area contributed by atoms with Gasteiger partial charge in [0.1, 0.15) is 5.76 Å². The first kappa shape index (κ1) is 19.3. The van der Waals surface area contributed by atoms with Crippen molar-refractivity contribution in [3.8, 4) is 0 Å². The summed E-state index contributed by atoms with van der Waals surface area (Å²) < 4.78 is 5.17. The highest BCUT2D eigenvalue weighted by Gasteiger charge is 2.34. The second-order valence-electron chi connectivity index (χ2n) is 5.81. The number of carbonyl (C=O) groups is 3. The number of nitrogens with zero attached hydrogens (tertiary/aromatic N) is 1. The minimum atomic E-state index is -0.357. The van der Waals surface area contributed by atoms with Crippen molar-refractivity contribution in [3.63, 3.8) is 0 Å². The number of carbonyl (C=O) groups excluding carboxylic acids is 3. The van der Waals surface area contributed by atoms with Crippen LogP contribution in [0.2, 0.25) is 5.02 Å². The normalized spacial score (nSPS) is 15.6. The lowest BCUT2D eigenvalue weighted by atomic mass is 10.2. The van der Waals surface area contributed by atoms with E-state index in [2.05, 4.69) is 5.32 Å². The predicted octanol–water partition coefficient (Wildman–Crippen LogP) is 3.72. The number of thioether (sulfide) groups is 1. The van der Waals surface area contributed by atoms with Gasteiger partial charge in [0.15, 0.2) is 0 Å². The molecule has 6 nitrogen and oxygen atoms in total.